The van der Waals surface area contributed by atoms with Crippen molar-refractivity contribution in [2.75, 3.05) is 13.2 Å². The Hall–Kier alpha value is -3.16. The van der Waals surface area contributed by atoms with Crippen LogP contribution >= 0.6 is 0 Å². The molecule has 1 atom stereocenters. The third kappa shape index (κ3) is 3.05. The minimum Gasteiger partial charge on any atom is -0.493 e. The lowest BCUT2D eigenvalue weighted by molar-refractivity contribution is -0.122. The molecule has 1 N–H and O–H groups in total. The van der Waals surface area contributed by atoms with E-state index in [1.807, 2.05) is 24.3 Å². The normalized spacial score (nSPS) is 16.1. The molecule has 1 aliphatic rings. The first kappa shape index (κ1) is 16.3. The van der Waals surface area contributed by atoms with Crippen molar-refractivity contribution < 1.29 is 9.53 Å². The Morgan fingerprint density at radius 1 is 1.38 bits per heavy atom. The van der Waals surface area contributed by atoms with Crippen LogP contribution in [-0.4, -0.2) is 38.4 Å². The molecule has 2 aromatic heterocycles. The summed E-state index contributed by atoms with van der Waals surface area (Å²) in [6.45, 7) is 1.01. The maximum absolute atomic E-state index is 12.4. The van der Waals surface area contributed by atoms with Crippen LogP contribution in [0.25, 0.3) is 11.0 Å². The van der Waals surface area contributed by atoms with Gasteiger partial charge in [-0.15, -0.1) is 0 Å². The largest absolute Gasteiger partial charge is 0.493 e. The van der Waals surface area contributed by atoms with E-state index in [-0.39, 0.29) is 23.9 Å². The molecule has 1 amide bonds. The van der Waals surface area contributed by atoms with E-state index in [1.165, 1.54) is 21.8 Å². The Kier molecular flexibility index (Phi) is 4.16. The number of nitrogens with zero attached hydrogens (tertiary/aromatic N) is 4. The van der Waals surface area contributed by atoms with Gasteiger partial charge in [0.05, 0.1) is 12.8 Å². The Labute approximate surface area is 149 Å². The molecule has 8 heteroatoms. The van der Waals surface area contributed by atoms with Crippen LogP contribution in [-0.2, 0) is 24.8 Å². The van der Waals surface area contributed by atoms with E-state index in [0.717, 1.165) is 17.7 Å². The third-order valence-electron chi connectivity index (χ3n) is 4.58. The minimum absolute atomic E-state index is 0.0686. The van der Waals surface area contributed by atoms with Gasteiger partial charge in [0.25, 0.3) is 5.56 Å². The summed E-state index contributed by atoms with van der Waals surface area (Å²) >= 11 is 0. The summed E-state index contributed by atoms with van der Waals surface area (Å²) in [5.74, 6) is 0.901. The van der Waals surface area contributed by atoms with Gasteiger partial charge >= 0.3 is 0 Å². The predicted molar refractivity (Wildman–Crippen MR) is 94.9 cm³/mol. The van der Waals surface area contributed by atoms with Gasteiger partial charge < -0.3 is 10.1 Å². The Morgan fingerprint density at radius 2 is 2.23 bits per heavy atom. The van der Waals surface area contributed by atoms with Gasteiger partial charge in [0.1, 0.15) is 24.0 Å². The molecule has 0 fully saturated rings. The number of aromatic nitrogens is 4. The molecule has 0 bridgehead atoms. The smallest absolute Gasteiger partial charge is 0.264 e. The second-order valence-corrected chi connectivity index (χ2v) is 6.48. The van der Waals surface area contributed by atoms with Crippen molar-refractivity contribution in [3.8, 4) is 5.75 Å². The summed E-state index contributed by atoms with van der Waals surface area (Å²) in [6, 6.07) is 7.93. The molecule has 0 saturated carbocycles. The second kappa shape index (κ2) is 6.62. The fourth-order valence-corrected chi connectivity index (χ4v) is 3.17. The van der Waals surface area contributed by atoms with Gasteiger partial charge in [0.2, 0.25) is 5.91 Å². The predicted octanol–water partition coefficient (Wildman–Crippen LogP) is 0.498. The fraction of sp³-hybridized carbons (Fsp3) is 0.333. The number of benzene rings is 1. The lowest BCUT2D eigenvalue weighted by Gasteiger charge is -2.25. The maximum Gasteiger partial charge on any atom is 0.264 e. The number of fused-ring (bicyclic) bond motifs is 2. The Bertz CT molecular complexity index is 1020. The zero-order valence-corrected chi connectivity index (χ0v) is 14.4. The van der Waals surface area contributed by atoms with Gasteiger partial charge in [0, 0.05) is 19.5 Å². The van der Waals surface area contributed by atoms with Crippen molar-refractivity contribution in [1.29, 1.82) is 0 Å². The van der Waals surface area contributed by atoms with E-state index in [1.54, 1.807) is 7.05 Å². The number of rotatable bonds is 4. The SMILES string of the molecule is Cn1ncc2c(=O)n(CC(=O)NCC3COc4ccccc4C3)cnc21. The van der Waals surface area contributed by atoms with Crippen molar-refractivity contribution in [2.24, 2.45) is 13.0 Å². The molecule has 1 unspecified atom stereocenters. The van der Waals surface area contributed by atoms with E-state index in [2.05, 4.69) is 15.4 Å². The van der Waals surface area contributed by atoms with Gasteiger partial charge in [-0.25, -0.2) is 4.98 Å². The molecule has 0 aliphatic carbocycles. The number of amides is 1. The van der Waals surface area contributed by atoms with Crippen molar-refractivity contribution in [3.05, 3.63) is 52.7 Å². The molecule has 3 aromatic rings. The standard InChI is InChI=1S/C18H19N5O3/c1-22-17-14(8-21-22)18(25)23(11-20-17)9-16(24)19-7-12-6-13-4-2-3-5-15(13)26-10-12/h2-5,8,11-12H,6-7,9-10H2,1H3,(H,19,24). The molecule has 1 aliphatic heterocycles. The van der Waals surface area contributed by atoms with Gasteiger partial charge in [-0.3, -0.25) is 18.8 Å². The van der Waals surface area contributed by atoms with Crippen molar-refractivity contribution in [2.45, 2.75) is 13.0 Å². The molecule has 1 aromatic carbocycles. The first-order valence-electron chi connectivity index (χ1n) is 8.46. The van der Waals surface area contributed by atoms with E-state index in [0.29, 0.717) is 24.2 Å². The van der Waals surface area contributed by atoms with E-state index in [4.69, 9.17) is 4.74 Å². The highest BCUT2D eigenvalue weighted by Gasteiger charge is 2.20. The van der Waals surface area contributed by atoms with E-state index < -0.39 is 0 Å². The summed E-state index contributed by atoms with van der Waals surface area (Å²) in [6.07, 6.45) is 3.71. The monoisotopic (exact) mass is 353 g/mol. The first-order chi connectivity index (χ1) is 12.6. The highest BCUT2D eigenvalue weighted by molar-refractivity contribution is 5.77. The molecule has 0 saturated heterocycles. The molecule has 4 rings (SSSR count). The fourth-order valence-electron chi connectivity index (χ4n) is 3.17. The molecule has 0 spiro atoms. The highest BCUT2D eigenvalue weighted by Crippen LogP contribution is 2.26. The topological polar surface area (TPSA) is 91.0 Å². The van der Waals surface area contributed by atoms with Gasteiger partial charge in [-0.2, -0.15) is 5.10 Å². The molecular weight excluding hydrogens is 334 g/mol. The van der Waals surface area contributed by atoms with Crippen LogP contribution in [0.5, 0.6) is 5.75 Å². The number of hydrogen-bond acceptors (Lipinski definition) is 5. The first-order valence-corrected chi connectivity index (χ1v) is 8.46. The zero-order chi connectivity index (χ0) is 18.1. The number of para-hydroxylation sites is 1. The number of nitrogens with one attached hydrogen (secondary N) is 1. The molecule has 3 heterocycles. The molecule has 134 valence electrons. The van der Waals surface area contributed by atoms with Crippen LogP contribution in [0.2, 0.25) is 0 Å². The molecular formula is C18H19N5O3. The second-order valence-electron chi connectivity index (χ2n) is 6.48. The lowest BCUT2D eigenvalue weighted by atomic mass is 9.97. The number of carbonyl (C=O) groups excluding carboxylic acids is 1. The quantitative estimate of drug-likeness (QED) is 0.737. The average Bonchev–Trinajstić information content (AvgIpc) is 3.04. The van der Waals surface area contributed by atoms with Gasteiger partial charge in [0.15, 0.2) is 5.65 Å². The molecule has 0 radical (unpaired) electrons. The third-order valence-corrected chi connectivity index (χ3v) is 4.58. The van der Waals surface area contributed by atoms with Crippen LogP contribution in [0.4, 0.5) is 0 Å². The number of hydrogen-bond donors (Lipinski definition) is 1. The Morgan fingerprint density at radius 3 is 3.12 bits per heavy atom. The van der Waals surface area contributed by atoms with Gasteiger partial charge in [-0.1, -0.05) is 18.2 Å². The number of aryl methyl sites for hydroxylation is 1. The lowest BCUT2D eigenvalue weighted by Crippen LogP contribution is -2.38. The van der Waals surface area contributed by atoms with Crippen LogP contribution in [0, 0.1) is 5.92 Å². The van der Waals surface area contributed by atoms with Gasteiger partial charge in [-0.05, 0) is 18.1 Å². The van der Waals surface area contributed by atoms with E-state index >= 15 is 0 Å². The summed E-state index contributed by atoms with van der Waals surface area (Å²) in [5, 5.41) is 7.31. The Balaban J connectivity index is 1.38. The van der Waals surface area contributed by atoms with Crippen molar-refractivity contribution in [3.63, 3.8) is 0 Å². The average molecular weight is 353 g/mol. The summed E-state index contributed by atoms with van der Waals surface area (Å²) in [5.41, 5.74) is 1.39. The molecule has 26 heavy (non-hydrogen) atoms. The van der Waals surface area contributed by atoms with Crippen LogP contribution in [0.1, 0.15) is 5.56 Å². The number of carbonyl (C=O) groups is 1. The zero-order valence-electron chi connectivity index (χ0n) is 14.4. The molecule has 8 nitrogen and oxygen atoms in total. The van der Waals surface area contributed by atoms with Crippen LogP contribution in [0.15, 0.2) is 41.6 Å². The summed E-state index contributed by atoms with van der Waals surface area (Å²) < 4.78 is 8.56. The highest BCUT2D eigenvalue weighted by atomic mass is 16.5. The minimum atomic E-state index is -0.270. The van der Waals surface area contributed by atoms with Crippen molar-refractivity contribution in [1.82, 2.24) is 24.6 Å². The van der Waals surface area contributed by atoms with Crippen LogP contribution in [0.3, 0.4) is 0 Å². The summed E-state index contributed by atoms with van der Waals surface area (Å²) in [7, 11) is 1.72. The van der Waals surface area contributed by atoms with E-state index in [9.17, 15) is 9.59 Å². The number of ether oxygens (including phenoxy) is 1. The van der Waals surface area contributed by atoms with Crippen LogP contribution < -0.4 is 15.6 Å². The summed E-state index contributed by atoms with van der Waals surface area (Å²) in [4.78, 5) is 28.8. The maximum atomic E-state index is 12.4. The van der Waals surface area contributed by atoms with Crippen molar-refractivity contribution >= 4 is 16.9 Å².